The van der Waals surface area contributed by atoms with Gasteiger partial charge in [-0.1, -0.05) is 0 Å². The number of thioether (sulfide) groups is 1. The van der Waals surface area contributed by atoms with Crippen LogP contribution in [-0.2, 0) is 4.79 Å². The number of amides is 2. The maximum atomic E-state index is 12.3. The van der Waals surface area contributed by atoms with Gasteiger partial charge in [-0.2, -0.15) is 0 Å². The molecule has 0 fully saturated rings. The van der Waals surface area contributed by atoms with E-state index in [2.05, 4.69) is 10.6 Å². The molecule has 1 aromatic carbocycles. The van der Waals surface area contributed by atoms with Crippen LogP contribution in [0.25, 0.3) is 0 Å². The number of likely N-dealkylation sites (N-methyl/N-ethyl adjacent to an activating group) is 2. The highest BCUT2D eigenvalue weighted by Crippen LogP contribution is 2.36. The summed E-state index contributed by atoms with van der Waals surface area (Å²) in [5.41, 5.74) is 1.32. The van der Waals surface area contributed by atoms with Gasteiger partial charge in [-0.05, 0) is 32.2 Å². The molecule has 1 aliphatic heterocycles. The molecule has 1 heterocycles. The molecule has 0 aromatic heterocycles. The Bertz CT molecular complexity index is 539. The normalized spacial score (nSPS) is 16.5. The van der Waals surface area contributed by atoms with Crippen LogP contribution in [0.3, 0.4) is 0 Å². The van der Waals surface area contributed by atoms with Crippen LogP contribution in [-0.4, -0.2) is 49.1 Å². The van der Waals surface area contributed by atoms with Crippen molar-refractivity contribution in [2.45, 2.75) is 17.1 Å². The van der Waals surface area contributed by atoms with E-state index in [1.54, 1.807) is 18.0 Å². The lowest BCUT2D eigenvalue weighted by molar-refractivity contribution is -0.115. The topological polar surface area (TPSA) is 61.4 Å². The van der Waals surface area contributed by atoms with Gasteiger partial charge in [0.1, 0.15) is 0 Å². The monoisotopic (exact) mass is 329 g/mol. The van der Waals surface area contributed by atoms with E-state index < -0.39 is 0 Å². The van der Waals surface area contributed by atoms with Crippen LogP contribution in [0.1, 0.15) is 17.3 Å². The van der Waals surface area contributed by atoms with Crippen molar-refractivity contribution < 1.29 is 9.59 Å². The van der Waals surface area contributed by atoms with Crippen molar-refractivity contribution in [3.63, 3.8) is 0 Å². The number of nitrogens with zero attached hydrogens (tertiary/aromatic N) is 1. The summed E-state index contributed by atoms with van der Waals surface area (Å²) in [5, 5.41) is 5.76. The van der Waals surface area contributed by atoms with E-state index in [4.69, 9.17) is 0 Å². The van der Waals surface area contributed by atoms with Crippen LogP contribution in [0.4, 0.5) is 5.69 Å². The Kier molecular flexibility index (Phi) is 6.51. The fraction of sp³-hybridized carbons (Fsp3) is 0.429. The molecule has 5 nitrogen and oxygen atoms in total. The van der Waals surface area contributed by atoms with Crippen molar-refractivity contribution in [3.05, 3.63) is 23.8 Å². The van der Waals surface area contributed by atoms with Gasteiger partial charge >= 0.3 is 0 Å². The second-order valence-corrected chi connectivity index (χ2v) is 6.17. The molecule has 0 saturated carbocycles. The minimum atomic E-state index is -0.0950. The first-order valence-electron chi connectivity index (χ1n) is 6.54. The smallest absolute Gasteiger partial charge is 0.253 e. The van der Waals surface area contributed by atoms with Gasteiger partial charge in [0.15, 0.2) is 0 Å². The maximum absolute atomic E-state index is 12.3. The minimum absolute atomic E-state index is 0. The third-order valence-corrected chi connectivity index (χ3v) is 4.38. The summed E-state index contributed by atoms with van der Waals surface area (Å²) in [7, 11) is 3.62. The van der Waals surface area contributed by atoms with Crippen LogP contribution in [0, 0.1) is 0 Å². The summed E-state index contributed by atoms with van der Waals surface area (Å²) in [5.74, 6) is -0.0587. The number of anilines is 1. The number of hydrogen-bond acceptors (Lipinski definition) is 4. The zero-order valence-electron chi connectivity index (χ0n) is 12.3. The molecule has 1 unspecified atom stereocenters. The number of carbonyl (C=O) groups is 2. The molecule has 2 N–H and O–H groups in total. The third-order valence-electron chi connectivity index (χ3n) is 3.20. The molecule has 0 spiro atoms. The summed E-state index contributed by atoms with van der Waals surface area (Å²) in [6, 6.07) is 5.47. The zero-order valence-corrected chi connectivity index (χ0v) is 13.9. The van der Waals surface area contributed by atoms with E-state index in [0.29, 0.717) is 12.1 Å². The van der Waals surface area contributed by atoms with Gasteiger partial charge in [-0.25, -0.2) is 0 Å². The molecule has 1 aromatic rings. The molecule has 0 saturated heterocycles. The van der Waals surface area contributed by atoms with Crippen molar-refractivity contribution in [2.24, 2.45) is 0 Å². The van der Waals surface area contributed by atoms with Crippen molar-refractivity contribution in [1.29, 1.82) is 0 Å². The Labute approximate surface area is 135 Å². The van der Waals surface area contributed by atoms with Crippen LogP contribution < -0.4 is 10.6 Å². The summed E-state index contributed by atoms with van der Waals surface area (Å²) in [4.78, 5) is 26.6. The fourth-order valence-corrected chi connectivity index (χ4v) is 2.87. The number of carbonyl (C=O) groups excluding carboxylic acids is 2. The summed E-state index contributed by atoms with van der Waals surface area (Å²) in [6.07, 6.45) is 0. The van der Waals surface area contributed by atoms with E-state index in [-0.39, 0.29) is 29.5 Å². The molecule has 7 heteroatoms. The molecule has 1 atom stereocenters. The predicted octanol–water partition coefficient (Wildman–Crippen LogP) is 1.83. The van der Waals surface area contributed by atoms with Gasteiger partial charge in [0.2, 0.25) is 5.91 Å². The van der Waals surface area contributed by atoms with Gasteiger partial charge in [0.05, 0.1) is 10.9 Å². The lowest BCUT2D eigenvalue weighted by atomic mass is 10.1. The first kappa shape index (κ1) is 17.8. The van der Waals surface area contributed by atoms with Crippen LogP contribution in [0.15, 0.2) is 23.1 Å². The predicted molar refractivity (Wildman–Crippen MR) is 88.5 cm³/mol. The van der Waals surface area contributed by atoms with E-state index in [1.807, 2.05) is 26.1 Å². The number of benzene rings is 1. The molecule has 2 amide bonds. The molecule has 2 rings (SSSR count). The molecule has 116 valence electrons. The lowest BCUT2D eigenvalue weighted by Crippen LogP contribution is -2.33. The summed E-state index contributed by atoms with van der Waals surface area (Å²) in [6.45, 7) is 3.26. The molecular weight excluding hydrogens is 310 g/mol. The number of rotatable bonds is 4. The van der Waals surface area contributed by atoms with Crippen molar-refractivity contribution in [3.8, 4) is 0 Å². The summed E-state index contributed by atoms with van der Waals surface area (Å²) < 4.78 is 0. The molecule has 0 aliphatic carbocycles. The van der Waals surface area contributed by atoms with Gasteiger partial charge in [-0.15, -0.1) is 24.2 Å². The Morgan fingerprint density at radius 2 is 2.19 bits per heavy atom. The van der Waals surface area contributed by atoms with Crippen LogP contribution >= 0.6 is 24.2 Å². The highest BCUT2D eigenvalue weighted by Gasteiger charge is 2.24. The Morgan fingerprint density at radius 3 is 2.86 bits per heavy atom. The van der Waals surface area contributed by atoms with E-state index in [1.165, 1.54) is 11.8 Å². The van der Waals surface area contributed by atoms with Gasteiger partial charge < -0.3 is 15.5 Å². The van der Waals surface area contributed by atoms with Gasteiger partial charge in [0, 0.05) is 30.6 Å². The number of fused-ring (bicyclic) bond motifs is 1. The first-order chi connectivity index (χ1) is 9.52. The van der Waals surface area contributed by atoms with Crippen LogP contribution in [0.5, 0.6) is 0 Å². The number of nitrogens with one attached hydrogen (secondary N) is 2. The van der Waals surface area contributed by atoms with Gasteiger partial charge in [-0.3, -0.25) is 9.59 Å². The number of hydrogen-bond donors (Lipinski definition) is 2. The van der Waals surface area contributed by atoms with Crippen molar-refractivity contribution >= 4 is 41.7 Å². The fourth-order valence-electron chi connectivity index (χ4n) is 1.94. The van der Waals surface area contributed by atoms with Crippen LogP contribution in [0.2, 0.25) is 0 Å². The van der Waals surface area contributed by atoms with E-state index in [9.17, 15) is 9.59 Å². The largest absolute Gasteiger partial charge is 0.340 e. The molecule has 0 bridgehead atoms. The average Bonchev–Trinajstić information content (AvgIpc) is 2.44. The Balaban J connectivity index is 0.00000220. The SMILES string of the molecule is CNCCN(C)C(=O)c1ccc2c(c1)NC(=O)C(C)S2.Cl. The Morgan fingerprint density at radius 1 is 1.48 bits per heavy atom. The van der Waals surface area contributed by atoms with E-state index in [0.717, 1.165) is 17.1 Å². The molecule has 21 heavy (non-hydrogen) atoms. The highest BCUT2D eigenvalue weighted by atomic mass is 35.5. The summed E-state index contributed by atoms with van der Waals surface area (Å²) >= 11 is 1.52. The lowest BCUT2D eigenvalue weighted by Gasteiger charge is -2.23. The molecular formula is C14H20ClN3O2S. The highest BCUT2D eigenvalue weighted by molar-refractivity contribution is 8.00. The van der Waals surface area contributed by atoms with Gasteiger partial charge in [0.25, 0.3) is 5.91 Å². The zero-order chi connectivity index (χ0) is 14.7. The second-order valence-electron chi connectivity index (χ2n) is 4.79. The minimum Gasteiger partial charge on any atom is -0.340 e. The average molecular weight is 330 g/mol. The van der Waals surface area contributed by atoms with Crippen molar-refractivity contribution in [1.82, 2.24) is 10.2 Å². The number of halogens is 1. The molecule has 1 aliphatic rings. The second kappa shape index (κ2) is 7.68. The first-order valence-corrected chi connectivity index (χ1v) is 7.42. The maximum Gasteiger partial charge on any atom is 0.253 e. The van der Waals surface area contributed by atoms with Crippen molar-refractivity contribution in [2.75, 3.05) is 32.5 Å². The Hall–Kier alpha value is -1.24. The standard InChI is InChI=1S/C14H19N3O2S.ClH/c1-9-13(18)16-11-8-10(4-5-12(11)20-9)14(19)17(3)7-6-15-2;/h4-5,8-9,15H,6-7H2,1-3H3,(H,16,18);1H. The third kappa shape index (κ3) is 4.12. The quantitative estimate of drug-likeness (QED) is 0.884. The van der Waals surface area contributed by atoms with E-state index >= 15 is 0 Å². The molecule has 0 radical (unpaired) electrons.